The third-order valence-electron chi connectivity index (χ3n) is 10.8. The first-order valence-corrected chi connectivity index (χ1v) is 21.8. The molecule has 0 aliphatic heterocycles. The number of imidazole rings is 2. The van der Waals surface area contributed by atoms with Crippen molar-refractivity contribution in [3.05, 3.63) is 190 Å². The quantitative estimate of drug-likeness (QED) is 0.197. The maximum absolute atomic E-state index is 11.4. The lowest BCUT2D eigenvalue weighted by Gasteiger charge is -1.97. The topological polar surface area (TPSA) is 274 Å². The van der Waals surface area contributed by atoms with Crippen molar-refractivity contribution in [1.82, 2.24) is 99.6 Å². The zero-order valence-corrected chi connectivity index (χ0v) is 41.5. The first-order valence-electron chi connectivity index (χ1n) is 21.8. The third-order valence-corrected chi connectivity index (χ3v) is 10.8. The van der Waals surface area contributed by atoms with Crippen LogP contribution in [0.3, 0.4) is 0 Å². The molecule has 0 aliphatic carbocycles. The molecule has 0 spiro atoms. The van der Waals surface area contributed by atoms with E-state index in [1.807, 2.05) is 32.9 Å². The summed E-state index contributed by atoms with van der Waals surface area (Å²) < 4.78 is 18.1. The fraction of sp³-hybridized carbons (Fsp3) is 0.267. The van der Waals surface area contributed by atoms with Crippen LogP contribution in [0.5, 0.6) is 0 Å². The SMILES string of the molecule is Cc1cc2c(=O)n(C)ccn2n1.Cc1cn2c(=O)n(C)ccc2n1.Cc1nc2c(=O)n(C)ccn2n1.Cc1nc2ccn(C)c(=O)n2n1.Cc1ncn2c(=O)n(C)ccc12.Cc1nnc2c(=O)n(C)ccn12. The van der Waals surface area contributed by atoms with Crippen molar-refractivity contribution < 1.29 is 0 Å². The molecule has 372 valence electrons. The first-order chi connectivity index (χ1) is 34.1. The average Bonchev–Trinajstić information content (AvgIpc) is 4.23. The van der Waals surface area contributed by atoms with Crippen molar-refractivity contribution in [2.75, 3.05) is 0 Å². The molecule has 0 aliphatic rings. The lowest BCUT2D eigenvalue weighted by atomic mass is 10.4. The molecule has 0 radical (unpaired) electrons. The predicted molar refractivity (Wildman–Crippen MR) is 264 cm³/mol. The van der Waals surface area contributed by atoms with E-state index in [2.05, 4.69) is 45.4 Å². The Morgan fingerprint density at radius 3 is 1.69 bits per heavy atom. The number of hydrogen-bond donors (Lipinski definition) is 0. The Labute approximate surface area is 405 Å². The Kier molecular flexibility index (Phi) is 14.3. The summed E-state index contributed by atoms with van der Waals surface area (Å²) in [5.41, 5.74) is 5.57. The van der Waals surface area contributed by atoms with Gasteiger partial charge in [0.1, 0.15) is 35.0 Å². The van der Waals surface area contributed by atoms with Gasteiger partial charge in [0.2, 0.25) is 11.3 Å². The Morgan fingerprint density at radius 1 is 0.431 bits per heavy atom. The van der Waals surface area contributed by atoms with Crippen LogP contribution in [0.4, 0.5) is 0 Å². The fourth-order valence-corrected chi connectivity index (χ4v) is 6.84. The van der Waals surface area contributed by atoms with Crippen LogP contribution in [0.25, 0.3) is 33.6 Å². The van der Waals surface area contributed by atoms with E-state index in [0.717, 1.165) is 28.4 Å². The van der Waals surface area contributed by atoms with E-state index in [-0.39, 0.29) is 33.7 Å². The van der Waals surface area contributed by atoms with E-state index in [4.69, 9.17) is 0 Å². The van der Waals surface area contributed by atoms with Crippen molar-refractivity contribution in [3.63, 3.8) is 0 Å². The maximum atomic E-state index is 11.4. The van der Waals surface area contributed by atoms with Gasteiger partial charge in [-0.15, -0.1) is 15.3 Å². The molecule has 0 bridgehead atoms. The van der Waals surface area contributed by atoms with Crippen LogP contribution >= 0.6 is 0 Å². The molecule has 0 N–H and O–H groups in total. The molecule has 12 rings (SSSR count). The van der Waals surface area contributed by atoms with E-state index < -0.39 is 0 Å². The number of aryl methyl sites for hydroxylation is 12. The highest BCUT2D eigenvalue weighted by atomic mass is 16.2. The van der Waals surface area contributed by atoms with Gasteiger partial charge in [-0.25, -0.2) is 43.4 Å². The van der Waals surface area contributed by atoms with Crippen LogP contribution in [0.1, 0.15) is 34.6 Å². The standard InChI is InChI=1S/3C8H9N3O.3C7H8N4O/c1-6-7-3-4-10(2)8(12)11(7)5-9-6;1-6-5-7-8(12)10(2)3-4-11(7)9-6;1-6-5-11-7(9-6)3-4-10(2)8(11)12;1-5-8-9-6-7(12)10(2)3-4-11(5)6;1-5-8-6-7(12)10(2)3-4-11(6)9-5;1-5-8-6-3-4-10(2)7(12)11(6)9-5/h3*3-5H,1-2H3;3*3-4H,1-2H3. The summed E-state index contributed by atoms with van der Waals surface area (Å²) in [6.07, 6.45) is 18.7. The summed E-state index contributed by atoms with van der Waals surface area (Å²) in [6.45, 7) is 10.9. The lowest BCUT2D eigenvalue weighted by Crippen LogP contribution is -2.24. The second kappa shape index (κ2) is 20.5. The molecule has 0 unspecified atom stereocenters. The number of nitrogens with zero attached hydrogens (tertiary/aromatic N) is 21. The van der Waals surface area contributed by atoms with Crippen molar-refractivity contribution in [2.24, 2.45) is 42.3 Å². The van der Waals surface area contributed by atoms with Gasteiger partial charge < -0.3 is 27.4 Å². The highest BCUT2D eigenvalue weighted by Gasteiger charge is 2.07. The summed E-state index contributed by atoms with van der Waals surface area (Å²) in [6, 6.07) is 7.22. The average molecular weight is 982 g/mol. The van der Waals surface area contributed by atoms with Crippen molar-refractivity contribution in [3.8, 4) is 0 Å². The Morgan fingerprint density at radius 2 is 1.00 bits per heavy atom. The molecule has 0 fully saturated rings. The highest BCUT2D eigenvalue weighted by Crippen LogP contribution is 2.04. The molecule has 12 aromatic rings. The van der Waals surface area contributed by atoms with Gasteiger partial charge in [-0.1, -0.05) is 0 Å². The lowest BCUT2D eigenvalue weighted by molar-refractivity contribution is 0.739. The van der Waals surface area contributed by atoms with Gasteiger partial charge in [-0.05, 0) is 65.8 Å². The number of fused-ring (bicyclic) bond motifs is 6. The maximum Gasteiger partial charge on any atom is 0.350 e. The van der Waals surface area contributed by atoms with Gasteiger partial charge >= 0.3 is 17.1 Å². The molecule has 27 heteroatoms. The first kappa shape index (κ1) is 50.2. The highest BCUT2D eigenvalue weighted by molar-refractivity contribution is 5.50. The minimum Gasteiger partial charge on any atom is -0.315 e. The van der Waals surface area contributed by atoms with Crippen LogP contribution in [0.15, 0.2) is 121 Å². The zero-order valence-electron chi connectivity index (χ0n) is 41.5. The normalized spacial score (nSPS) is 10.8. The van der Waals surface area contributed by atoms with Crippen molar-refractivity contribution >= 4 is 33.6 Å². The van der Waals surface area contributed by atoms with Gasteiger partial charge in [0.25, 0.3) is 16.7 Å². The van der Waals surface area contributed by atoms with Crippen LogP contribution in [-0.2, 0) is 42.3 Å². The molecule has 0 amide bonds. The molecular weight excluding hydrogens is 931 g/mol. The van der Waals surface area contributed by atoms with E-state index in [1.165, 1.54) is 45.2 Å². The monoisotopic (exact) mass is 981 g/mol. The third kappa shape index (κ3) is 10.5. The number of aromatic nitrogens is 21. The molecular formula is C45H51N21O6. The Balaban J connectivity index is 0.000000127. The minimum atomic E-state index is -0.173. The molecule has 12 aromatic heterocycles. The fourth-order valence-electron chi connectivity index (χ4n) is 6.84. The van der Waals surface area contributed by atoms with E-state index in [1.54, 1.807) is 152 Å². The minimum absolute atomic E-state index is 0.0156. The molecule has 0 atom stereocenters. The molecule has 0 saturated carbocycles. The van der Waals surface area contributed by atoms with Crippen molar-refractivity contribution in [2.45, 2.75) is 41.5 Å². The molecule has 0 aromatic carbocycles. The van der Waals surface area contributed by atoms with E-state index in [9.17, 15) is 28.8 Å². The van der Waals surface area contributed by atoms with E-state index in [0.29, 0.717) is 39.8 Å². The van der Waals surface area contributed by atoms with Gasteiger partial charge in [-0.2, -0.15) is 14.7 Å². The molecule has 0 saturated heterocycles. The van der Waals surface area contributed by atoms with Gasteiger partial charge in [0.05, 0.1) is 22.6 Å². The number of rotatable bonds is 0. The Hall–Kier alpha value is -9.69. The second-order valence-electron chi connectivity index (χ2n) is 16.4. The zero-order chi connectivity index (χ0) is 52.3. The number of hydrogen-bond acceptors (Lipinski definition) is 15. The summed E-state index contributed by atoms with van der Waals surface area (Å²) >= 11 is 0. The largest absolute Gasteiger partial charge is 0.350 e. The van der Waals surface area contributed by atoms with Crippen LogP contribution in [-0.4, -0.2) is 99.6 Å². The van der Waals surface area contributed by atoms with Crippen LogP contribution in [0, 0.1) is 41.5 Å². The summed E-state index contributed by atoms with van der Waals surface area (Å²) in [7, 11) is 10.2. The van der Waals surface area contributed by atoms with Gasteiger partial charge in [-0.3, -0.25) is 27.6 Å². The van der Waals surface area contributed by atoms with E-state index >= 15 is 0 Å². The Bertz CT molecular complexity index is 3790. The summed E-state index contributed by atoms with van der Waals surface area (Å²) in [5, 5.41) is 19.6. The van der Waals surface area contributed by atoms with Gasteiger partial charge in [0, 0.05) is 104 Å². The van der Waals surface area contributed by atoms with Crippen LogP contribution < -0.4 is 33.7 Å². The summed E-state index contributed by atoms with van der Waals surface area (Å²) in [4.78, 5) is 84.7. The molecule has 27 nitrogen and oxygen atoms in total. The smallest absolute Gasteiger partial charge is 0.315 e. The molecule has 12 heterocycles. The second-order valence-corrected chi connectivity index (χ2v) is 16.4. The van der Waals surface area contributed by atoms with Gasteiger partial charge in [0.15, 0.2) is 5.65 Å². The van der Waals surface area contributed by atoms with Crippen molar-refractivity contribution in [1.29, 1.82) is 0 Å². The summed E-state index contributed by atoms with van der Waals surface area (Å²) in [5.74, 6) is 1.94. The van der Waals surface area contributed by atoms with Crippen LogP contribution in [0.2, 0.25) is 0 Å². The molecule has 72 heavy (non-hydrogen) atoms. The predicted octanol–water partition coefficient (Wildman–Crippen LogP) is 0.234.